The van der Waals surface area contributed by atoms with Gasteiger partial charge in [-0.1, -0.05) is 29.8 Å². The Balaban J connectivity index is 1.84. The van der Waals surface area contributed by atoms with E-state index in [1.165, 1.54) is 0 Å². The third kappa shape index (κ3) is 2.95. The van der Waals surface area contributed by atoms with E-state index < -0.39 is 0 Å². The van der Waals surface area contributed by atoms with Crippen molar-refractivity contribution in [3.05, 3.63) is 59.1 Å². The van der Waals surface area contributed by atoms with Crippen LogP contribution in [0, 0.1) is 0 Å². The van der Waals surface area contributed by atoms with E-state index in [4.69, 9.17) is 16.3 Å². The lowest BCUT2D eigenvalue weighted by Gasteiger charge is -2.19. The summed E-state index contributed by atoms with van der Waals surface area (Å²) in [4.78, 5) is 2.13. The average Bonchev–Trinajstić information content (AvgIpc) is 2.98. The lowest BCUT2D eigenvalue weighted by Crippen LogP contribution is -2.30. The van der Waals surface area contributed by atoms with Gasteiger partial charge in [0, 0.05) is 17.1 Å². The van der Waals surface area contributed by atoms with Crippen molar-refractivity contribution in [1.29, 1.82) is 0 Å². The number of ether oxygens (including phenoxy) is 1. The molecule has 0 fully saturated rings. The van der Waals surface area contributed by atoms with Gasteiger partial charge in [0.2, 0.25) is 0 Å². The van der Waals surface area contributed by atoms with Crippen LogP contribution < -0.4 is 15.1 Å². The van der Waals surface area contributed by atoms with E-state index >= 15 is 0 Å². The van der Waals surface area contributed by atoms with Gasteiger partial charge >= 0.3 is 0 Å². The molecule has 2 aromatic carbocycles. The van der Waals surface area contributed by atoms with E-state index in [0.717, 1.165) is 27.9 Å². The highest BCUT2D eigenvalue weighted by atomic mass is 35.5. The number of rotatable bonds is 4. The number of nitrogens with zero attached hydrogens (tertiary/aromatic N) is 2. The Morgan fingerprint density at radius 1 is 1.24 bits per heavy atom. The SMILES string of the molecule is COc1ccc(Cl)c(CC2=NNCN2c2ccccc2)c1. The van der Waals surface area contributed by atoms with Crippen LogP contribution in [0.25, 0.3) is 0 Å². The van der Waals surface area contributed by atoms with Gasteiger partial charge in [0.1, 0.15) is 18.3 Å². The third-order valence-corrected chi connectivity index (χ3v) is 3.79. The molecule has 0 aliphatic carbocycles. The molecule has 0 aromatic heterocycles. The average molecular weight is 302 g/mol. The molecule has 4 nitrogen and oxygen atoms in total. The molecule has 3 rings (SSSR count). The third-order valence-electron chi connectivity index (χ3n) is 3.42. The first kappa shape index (κ1) is 13.8. The number of halogens is 1. The van der Waals surface area contributed by atoms with Crippen LogP contribution in [-0.2, 0) is 6.42 Å². The highest BCUT2D eigenvalue weighted by Crippen LogP contribution is 2.25. The molecule has 0 amide bonds. The molecule has 1 N–H and O–H groups in total. The number of methoxy groups -OCH3 is 1. The number of anilines is 1. The Labute approximate surface area is 129 Å². The number of para-hydroxylation sites is 1. The predicted octanol–water partition coefficient (Wildman–Crippen LogP) is 3.27. The van der Waals surface area contributed by atoms with Crippen LogP contribution in [0.5, 0.6) is 5.75 Å². The van der Waals surface area contributed by atoms with Crippen LogP contribution in [0.1, 0.15) is 5.56 Å². The van der Waals surface area contributed by atoms with Gasteiger partial charge in [0.15, 0.2) is 0 Å². The van der Waals surface area contributed by atoms with Gasteiger partial charge in [-0.15, -0.1) is 0 Å². The predicted molar refractivity (Wildman–Crippen MR) is 86.1 cm³/mol. The molecule has 1 aliphatic rings. The molecular weight excluding hydrogens is 286 g/mol. The highest BCUT2D eigenvalue weighted by molar-refractivity contribution is 6.31. The maximum absolute atomic E-state index is 6.28. The summed E-state index contributed by atoms with van der Waals surface area (Å²) in [5, 5.41) is 5.10. The first-order chi connectivity index (χ1) is 10.3. The van der Waals surface area contributed by atoms with Gasteiger partial charge in [-0.05, 0) is 35.9 Å². The lowest BCUT2D eigenvalue weighted by molar-refractivity contribution is 0.414. The second-order valence-corrected chi connectivity index (χ2v) is 5.15. The van der Waals surface area contributed by atoms with E-state index in [2.05, 4.69) is 27.6 Å². The topological polar surface area (TPSA) is 36.9 Å². The highest BCUT2D eigenvalue weighted by Gasteiger charge is 2.19. The fourth-order valence-corrected chi connectivity index (χ4v) is 2.50. The maximum atomic E-state index is 6.28. The number of hydrazone groups is 1. The summed E-state index contributed by atoms with van der Waals surface area (Å²) in [6.07, 6.45) is 0.651. The zero-order chi connectivity index (χ0) is 14.7. The van der Waals surface area contributed by atoms with E-state index in [9.17, 15) is 0 Å². The van der Waals surface area contributed by atoms with Crippen molar-refractivity contribution in [3.63, 3.8) is 0 Å². The minimum absolute atomic E-state index is 0.651. The molecule has 0 unspecified atom stereocenters. The summed E-state index contributed by atoms with van der Waals surface area (Å²) in [5.41, 5.74) is 5.14. The molecule has 5 heteroatoms. The van der Waals surface area contributed by atoms with Gasteiger partial charge in [0.25, 0.3) is 0 Å². The van der Waals surface area contributed by atoms with Crippen LogP contribution in [-0.4, -0.2) is 19.6 Å². The van der Waals surface area contributed by atoms with Gasteiger partial charge in [-0.2, -0.15) is 5.10 Å². The summed E-state index contributed by atoms with van der Waals surface area (Å²) in [6, 6.07) is 15.8. The van der Waals surface area contributed by atoms with Crippen molar-refractivity contribution in [2.75, 3.05) is 18.7 Å². The minimum atomic E-state index is 0.651. The Morgan fingerprint density at radius 3 is 2.81 bits per heavy atom. The lowest BCUT2D eigenvalue weighted by atomic mass is 10.1. The number of benzene rings is 2. The monoisotopic (exact) mass is 301 g/mol. The van der Waals surface area contributed by atoms with Crippen LogP contribution in [0.4, 0.5) is 5.69 Å². The van der Waals surface area contributed by atoms with Gasteiger partial charge in [-0.25, -0.2) is 0 Å². The molecule has 0 saturated carbocycles. The van der Waals surface area contributed by atoms with Gasteiger partial charge in [-0.3, -0.25) is 5.43 Å². The van der Waals surface area contributed by atoms with Crippen molar-refractivity contribution >= 4 is 23.1 Å². The summed E-state index contributed by atoms with van der Waals surface area (Å²) in [5.74, 6) is 1.74. The molecule has 0 bridgehead atoms. The van der Waals surface area contributed by atoms with Crippen LogP contribution in [0.3, 0.4) is 0 Å². The molecule has 0 spiro atoms. The Bertz CT molecular complexity index is 658. The first-order valence-corrected chi connectivity index (χ1v) is 7.10. The van der Waals surface area contributed by atoms with Gasteiger partial charge < -0.3 is 9.64 Å². The van der Waals surface area contributed by atoms with E-state index in [1.54, 1.807) is 7.11 Å². The molecular formula is C16H16ClN3O. The molecule has 0 saturated heterocycles. The van der Waals surface area contributed by atoms with Crippen molar-refractivity contribution in [1.82, 2.24) is 5.43 Å². The standard InChI is InChI=1S/C16H16ClN3O/c1-21-14-7-8-15(17)12(9-14)10-16-19-18-11-20(16)13-5-3-2-4-6-13/h2-9,18H,10-11H2,1H3. The van der Waals surface area contributed by atoms with E-state index in [1.807, 2.05) is 36.4 Å². The summed E-state index contributed by atoms with van der Waals surface area (Å²) in [7, 11) is 1.65. The Hall–Kier alpha value is -2.20. The molecule has 0 radical (unpaired) electrons. The second-order valence-electron chi connectivity index (χ2n) is 4.74. The summed E-state index contributed by atoms with van der Waals surface area (Å²) >= 11 is 6.28. The van der Waals surface area contributed by atoms with Crippen molar-refractivity contribution < 1.29 is 4.74 Å². The van der Waals surface area contributed by atoms with Crippen LogP contribution in [0.15, 0.2) is 53.6 Å². The Morgan fingerprint density at radius 2 is 2.05 bits per heavy atom. The molecule has 2 aromatic rings. The summed E-state index contributed by atoms with van der Waals surface area (Å²) in [6.45, 7) is 0.668. The van der Waals surface area contributed by atoms with E-state index in [0.29, 0.717) is 13.1 Å². The fourth-order valence-electron chi connectivity index (χ4n) is 2.32. The molecule has 1 heterocycles. The fraction of sp³-hybridized carbons (Fsp3) is 0.188. The van der Waals surface area contributed by atoms with Crippen LogP contribution >= 0.6 is 11.6 Å². The maximum Gasteiger partial charge on any atom is 0.135 e. The van der Waals surface area contributed by atoms with E-state index in [-0.39, 0.29) is 0 Å². The summed E-state index contributed by atoms with van der Waals surface area (Å²) < 4.78 is 5.26. The second kappa shape index (κ2) is 6.06. The first-order valence-electron chi connectivity index (χ1n) is 6.72. The quantitative estimate of drug-likeness (QED) is 0.941. The normalized spacial score (nSPS) is 13.8. The Kier molecular flexibility index (Phi) is 3.97. The largest absolute Gasteiger partial charge is 0.497 e. The van der Waals surface area contributed by atoms with Crippen molar-refractivity contribution in [3.8, 4) is 5.75 Å². The number of amidine groups is 1. The number of nitrogens with one attached hydrogen (secondary N) is 1. The minimum Gasteiger partial charge on any atom is -0.497 e. The smallest absolute Gasteiger partial charge is 0.135 e. The molecule has 108 valence electrons. The van der Waals surface area contributed by atoms with Crippen LogP contribution in [0.2, 0.25) is 5.02 Å². The molecule has 21 heavy (non-hydrogen) atoms. The van der Waals surface area contributed by atoms with Gasteiger partial charge in [0.05, 0.1) is 7.11 Å². The molecule has 0 atom stereocenters. The number of hydrogen-bond acceptors (Lipinski definition) is 4. The van der Waals surface area contributed by atoms with Crippen molar-refractivity contribution in [2.24, 2.45) is 5.10 Å². The zero-order valence-corrected chi connectivity index (χ0v) is 12.5. The zero-order valence-electron chi connectivity index (χ0n) is 11.7. The van der Waals surface area contributed by atoms with Crippen molar-refractivity contribution in [2.45, 2.75) is 6.42 Å². The molecule has 1 aliphatic heterocycles. The number of hydrogen-bond donors (Lipinski definition) is 1.